The number of nitrogens with zero attached hydrogens (tertiary/aromatic N) is 1. The van der Waals surface area contributed by atoms with Crippen LogP contribution in [0.3, 0.4) is 0 Å². The Kier molecular flexibility index (Phi) is 3.19. The van der Waals surface area contributed by atoms with Crippen molar-refractivity contribution in [3.05, 3.63) is 11.6 Å². The average molecular weight is 196 g/mol. The van der Waals surface area contributed by atoms with Crippen LogP contribution >= 0.6 is 0 Å². The van der Waals surface area contributed by atoms with E-state index in [4.69, 9.17) is 0 Å². The van der Waals surface area contributed by atoms with Gasteiger partial charge in [-0.15, -0.1) is 0 Å². The van der Waals surface area contributed by atoms with Crippen LogP contribution in [0.15, 0.2) is 11.6 Å². The van der Waals surface area contributed by atoms with Gasteiger partial charge >= 0.3 is 6.03 Å². The third-order valence-corrected chi connectivity index (χ3v) is 2.62. The lowest BCUT2D eigenvalue weighted by Gasteiger charge is -2.33. The lowest BCUT2D eigenvalue weighted by atomic mass is 9.84. The predicted octanol–water partition coefficient (Wildman–Crippen LogP) is 2.00. The second-order valence-electron chi connectivity index (χ2n) is 4.74. The summed E-state index contributed by atoms with van der Waals surface area (Å²) >= 11 is 0. The number of urea groups is 1. The first kappa shape index (κ1) is 11.1. The Hall–Kier alpha value is -0.990. The van der Waals surface area contributed by atoms with Crippen molar-refractivity contribution in [1.29, 1.82) is 0 Å². The van der Waals surface area contributed by atoms with Crippen molar-refractivity contribution < 1.29 is 4.79 Å². The van der Waals surface area contributed by atoms with Crippen LogP contribution in [-0.2, 0) is 0 Å². The van der Waals surface area contributed by atoms with Crippen LogP contribution in [0.25, 0.3) is 0 Å². The Morgan fingerprint density at radius 1 is 1.50 bits per heavy atom. The lowest BCUT2D eigenvalue weighted by Crippen LogP contribution is -2.42. The van der Waals surface area contributed by atoms with Gasteiger partial charge in [0, 0.05) is 20.1 Å². The Labute approximate surface area is 86.2 Å². The monoisotopic (exact) mass is 196 g/mol. The van der Waals surface area contributed by atoms with Crippen molar-refractivity contribution in [2.45, 2.75) is 27.2 Å². The zero-order valence-electron chi connectivity index (χ0n) is 9.55. The van der Waals surface area contributed by atoms with Gasteiger partial charge in [0.2, 0.25) is 0 Å². The summed E-state index contributed by atoms with van der Waals surface area (Å²) in [6.07, 6.45) is 3.24. The highest BCUT2D eigenvalue weighted by atomic mass is 16.2. The smallest absolute Gasteiger partial charge is 0.317 e. The molecule has 1 rings (SSSR count). The molecule has 0 radical (unpaired) electrons. The number of nitrogens with one attached hydrogen (secondary N) is 1. The van der Waals surface area contributed by atoms with Crippen molar-refractivity contribution in [2.24, 2.45) is 5.41 Å². The van der Waals surface area contributed by atoms with Gasteiger partial charge < -0.3 is 10.2 Å². The molecule has 1 aliphatic rings. The molecule has 0 fully saturated rings. The summed E-state index contributed by atoms with van der Waals surface area (Å²) in [6, 6.07) is 0.0276. The summed E-state index contributed by atoms with van der Waals surface area (Å²) in [4.78, 5) is 13.3. The van der Waals surface area contributed by atoms with Crippen molar-refractivity contribution in [2.75, 3.05) is 20.1 Å². The van der Waals surface area contributed by atoms with Crippen LogP contribution < -0.4 is 5.32 Å². The largest absolute Gasteiger partial charge is 0.341 e. The number of carbonyl (C=O) groups excluding carboxylic acids is 1. The van der Waals surface area contributed by atoms with Gasteiger partial charge in [-0.3, -0.25) is 0 Å². The molecule has 0 saturated carbocycles. The Morgan fingerprint density at radius 3 is 2.64 bits per heavy atom. The Balaban J connectivity index is 2.68. The van der Waals surface area contributed by atoms with Gasteiger partial charge in [0.25, 0.3) is 0 Å². The van der Waals surface area contributed by atoms with Crippen LogP contribution in [0.5, 0.6) is 0 Å². The average Bonchev–Trinajstić information content (AvgIpc) is 2.15. The van der Waals surface area contributed by atoms with Gasteiger partial charge in [-0.25, -0.2) is 4.79 Å². The normalized spacial score (nSPS) is 17.7. The fourth-order valence-electron chi connectivity index (χ4n) is 1.62. The SMILES string of the molecule is CNC(=O)N1CCC=C(C(C)(C)C)C1. The summed E-state index contributed by atoms with van der Waals surface area (Å²) in [6.45, 7) is 8.16. The van der Waals surface area contributed by atoms with Crippen LogP contribution in [0, 0.1) is 5.41 Å². The van der Waals surface area contributed by atoms with Crippen molar-refractivity contribution >= 4 is 6.03 Å². The third kappa shape index (κ3) is 2.50. The highest BCUT2D eigenvalue weighted by Gasteiger charge is 2.24. The van der Waals surface area contributed by atoms with E-state index in [9.17, 15) is 4.79 Å². The van der Waals surface area contributed by atoms with E-state index in [2.05, 4.69) is 32.2 Å². The maximum absolute atomic E-state index is 11.4. The number of carbonyl (C=O) groups is 1. The third-order valence-electron chi connectivity index (χ3n) is 2.62. The predicted molar refractivity (Wildman–Crippen MR) is 58.2 cm³/mol. The summed E-state index contributed by atoms with van der Waals surface area (Å²) < 4.78 is 0. The number of hydrogen-bond acceptors (Lipinski definition) is 1. The minimum absolute atomic E-state index is 0.0276. The van der Waals surface area contributed by atoms with Gasteiger partial charge in [-0.05, 0) is 17.4 Å². The van der Waals surface area contributed by atoms with E-state index in [0.29, 0.717) is 0 Å². The topological polar surface area (TPSA) is 32.3 Å². The molecule has 0 bridgehead atoms. The van der Waals surface area contributed by atoms with Crippen molar-refractivity contribution in [3.63, 3.8) is 0 Å². The molecule has 3 heteroatoms. The molecule has 2 amide bonds. The molecule has 0 atom stereocenters. The molecule has 80 valence electrons. The molecule has 1 N–H and O–H groups in total. The fourth-order valence-corrected chi connectivity index (χ4v) is 1.62. The van der Waals surface area contributed by atoms with Crippen molar-refractivity contribution in [3.8, 4) is 0 Å². The minimum atomic E-state index is 0.0276. The highest BCUT2D eigenvalue weighted by Crippen LogP contribution is 2.28. The molecule has 0 aliphatic carbocycles. The van der Waals surface area contributed by atoms with Crippen LogP contribution in [0.4, 0.5) is 4.79 Å². The van der Waals surface area contributed by atoms with Crippen LogP contribution in [0.2, 0.25) is 0 Å². The summed E-state index contributed by atoms with van der Waals surface area (Å²) in [7, 11) is 1.68. The molecule has 14 heavy (non-hydrogen) atoms. The quantitative estimate of drug-likeness (QED) is 0.590. The first-order valence-electron chi connectivity index (χ1n) is 5.11. The van der Waals surface area contributed by atoms with Gasteiger partial charge in [-0.1, -0.05) is 26.8 Å². The summed E-state index contributed by atoms with van der Waals surface area (Å²) in [5.74, 6) is 0. The second kappa shape index (κ2) is 4.03. The molecule has 1 heterocycles. The zero-order valence-corrected chi connectivity index (χ0v) is 9.55. The number of rotatable bonds is 0. The standard InChI is InChI=1S/C11H20N2O/c1-11(2,3)9-6-5-7-13(8-9)10(14)12-4/h6H,5,7-8H2,1-4H3,(H,12,14). The lowest BCUT2D eigenvalue weighted by molar-refractivity contribution is 0.199. The first-order valence-corrected chi connectivity index (χ1v) is 5.11. The fraction of sp³-hybridized carbons (Fsp3) is 0.727. The molecular weight excluding hydrogens is 176 g/mol. The van der Waals surface area contributed by atoms with Gasteiger partial charge in [0.05, 0.1) is 0 Å². The number of hydrogen-bond donors (Lipinski definition) is 1. The van der Waals surface area contributed by atoms with E-state index in [1.165, 1.54) is 5.57 Å². The minimum Gasteiger partial charge on any atom is -0.341 e. The van der Waals surface area contributed by atoms with E-state index < -0.39 is 0 Å². The van der Waals surface area contributed by atoms with Crippen molar-refractivity contribution in [1.82, 2.24) is 10.2 Å². The highest BCUT2D eigenvalue weighted by molar-refractivity contribution is 5.74. The van der Waals surface area contributed by atoms with E-state index in [1.54, 1.807) is 7.05 Å². The zero-order chi connectivity index (χ0) is 10.8. The summed E-state index contributed by atoms with van der Waals surface area (Å²) in [5.41, 5.74) is 1.53. The molecule has 0 aromatic heterocycles. The molecule has 0 unspecified atom stereocenters. The van der Waals surface area contributed by atoms with Gasteiger partial charge in [0.15, 0.2) is 0 Å². The summed E-state index contributed by atoms with van der Waals surface area (Å²) in [5, 5.41) is 2.67. The molecule has 3 nitrogen and oxygen atoms in total. The molecule has 0 saturated heterocycles. The molecule has 0 spiro atoms. The Morgan fingerprint density at radius 2 is 2.14 bits per heavy atom. The maximum Gasteiger partial charge on any atom is 0.317 e. The van der Waals surface area contributed by atoms with E-state index in [-0.39, 0.29) is 11.4 Å². The second-order valence-corrected chi connectivity index (χ2v) is 4.74. The maximum atomic E-state index is 11.4. The van der Waals surface area contributed by atoms with E-state index >= 15 is 0 Å². The Bertz CT molecular complexity index is 251. The van der Waals surface area contributed by atoms with Gasteiger partial charge in [0.1, 0.15) is 0 Å². The van der Waals surface area contributed by atoms with E-state index in [0.717, 1.165) is 19.5 Å². The number of amides is 2. The molecular formula is C11H20N2O. The first-order chi connectivity index (χ1) is 6.45. The molecule has 1 aliphatic heterocycles. The van der Waals surface area contributed by atoms with E-state index in [1.807, 2.05) is 4.90 Å². The van der Waals surface area contributed by atoms with Gasteiger partial charge in [-0.2, -0.15) is 0 Å². The molecule has 0 aromatic rings. The van der Waals surface area contributed by atoms with Crippen LogP contribution in [0.1, 0.15) is 27.2 Å². The van der Waals surface area contributed by atoms with Crippen LogP contribution in [-0.4, -0.2) is 31.1 Å². The molecule has 0 aromatic carbocycles.